The lowest BCUT2D eigenvalue weighted by molar-refractivity contribution is 0.101. The summed E-state index contributed by atoms with van der Waals surface area (Å²) in [5.74, 6) is -0.568. The third-order valence-electron chi connectivity index (χ3n) is 8.80. The van der Waals surface area contributed by atoms with Crippen LogP contribution in [0.4, 0.5) is 11.4 Å². The number of anilines is 2. The second kappa shape index (κ2) is 12.6. The second-order valence-corrected chi connectivity index (χ2v) is 12.1. The molecule has 2 heterocycles. The van der Waals surface area contributed by atoms with Gasteiger partial charge in [0.1, 0.15) is 0 Å². The standard InChI is InChI=1S/C42H34N4O2/c1-25-17-21-29(22-18-25)39-27(3)37(31-11-5-7-13-33(31)43-39)41(47)45-35-15-9-10-16-36(35)46-42(48)38-28(4)40(30-23-19-26(2)20-24-30)44-34-14-8-6-12-32(34)38/h5-24H,1-4H3,(H,45,47)(H,46,48). The van der Waals surface area contributed by atoms with E-state index < -0.39 is 0 Å². The smallest absolute Gasteiger partial charge is 0.256 e. The Morgan fingerprint density at radius 1 is 0.458 bits per heavy atom. The molecule has 2 aromatic heterocycles. The highest BCUT2D eigenvalue weighted by molar-refractivity contribution is 6.18. The summed E-state index contributed by atoms with van der Waals surface area (Å²) < 4.78 is 0. The topological polar surface area (TPSA) is 84.0 Å². The zero-order chi connectivity index (χ0) is 33.4. The summed E-state index contributed by atoms with van der Waals surface area (Å²) in [5.41, 5.74) is 10.8. The van der Waals surface area contributed by atoms with E-state index in [-0.39, 0.29) is 11.8 Å². The Morgan fingerprint density at radius 3 is 1.21 bits per heavy atom. The first-order valence-electron chi connectivity index (χ1n) is 15.9. The molecule has 0 aliphatic carbocycles. The Kier molecular flexibility index (Phi) is 7.99. The molecule has 0 bridgehead atoms. The first-order chi connectivity index (χ1) is 23.3. The summed E-state index contributed by atoms with van der Waals surface area (Å²) in [6.07, 6.45) is 0. The van der Waals surface area contributed by atoms with Crippen LogP contribution in [0.1, 0.15) is 43.0 Å². The van der Waals surface area contributed by atoms with Crippen molar-refractivity contribution in [3.63, 3.8) is 0 Å². The molecular formula is C42H34N4O2. The van der Waals surface area contributed by atoms with Crippen molar-refractivity contribution in [3.8, 4) is 22.5 Å². The van der Waals surface area contributed by atoms with Gasteiger partial charge in [0, 0.05) is 21.9 Å². The van der Waals surface area contributed by atoms with Crippen LogP contribution >= 0.6 is 0 Å². The monoisotopic (exact) mass is 626 g/mol. The third kappa shape index (κ3) is 5.69. The van der Waals surface area contributed by atoms with Crippen LogP contribution in [-0.2, 0) is 0 Å². The minimum atomic E-state index is -0.284. The van der Waals surface area contributed by atoms with Gasteiger partial charge in [0.05, 0.1) is 44.9 Å². The minimum Gasteiger partial charge on any atom is -0.320 e. The molecule has 0 unspecified atom stereocenters. The molecular weight excluding hydrogens is 592 g/mol. The highest BCUT2D eigenvalue weighted by atomic mass is 16.2. The van der Waals surface area contributed by atoms with Gasteiger partial charge >= 0.3 is 0 Å². The molecule has 0 spiro atoms. The van der Waals surface area contributed by atoms with Gasteiger partial charge < -0.3 is 10.6 Å². The van der Waals surface area contributed by atoms with Gasteiger partial charge in [-0.15, -0.1) is 0 Å². The van der Waals surface area contributed by atoms with Crippen LogP contribution in [0.2, 0.25) is 0 Å². The lowest BCUT2D eigenvalue weighted by atomic mass is 9.96. The lowest BCUT2D eigenvalue weighted by Crippen LogP contribution is -2.19. The van der Waals surface area contributed by atoms with Gasteiger partial charge in [0.2, 0.25) is 0 Å². The van der Waals surface area contributed by atoms with E-state index in [2.05, 4.69) is 10.6 Å². The molecule has 48 heavy (non-hydrogen) atoms. The summed E-state index contributed by atoms with van der Waals surface area (Å²) in [5, 5.41) is 7.72. The van der Waals surface area contributed by atoms with Crippen molar-refractivity contribution < 1.29 is 9.59 Å². The number of aryl methyl sites for hydroxylation is 2. The Balaban J connectivity index is 1.26. The van der Waals surface area contributed by atoms with Crippen LogP contribution < -0.4 is 10.6 Å². The van der Waals surface area contributed by atoms with E-state index in [4.69, 9.17) is 9.97 Å². The number of nitrogens with one attached hydrogen (secondary N) is 2. The number of para-hydroxylation sites is 4. The van der Waals surface area contributed by atoms with Gasteiger partial charge in [-0.2, -0.15) is 0 Å². The highest BCUT2D eigenvalue weighted by Crippen LogP contribution is 2.33. The van der Waals surface area contributed by atoms with Gasteiger partial charge in [0.25, 0.3) is 11.8 Å². The van der Waals surface area contributed by atoms with Gasteiger partial charge in [-0.1, -0.05) is 108 Å². The van der Waals surface area contributed by atoms with E-state index in [0.717, 1.165) is 66.6 Å². The number of benzene rings is 5. The summed E-state index contributed by atoms with van der Waals surface area (Å²) in [7, 11) is 0. The average Bonchev–Trinajstić information content (AvgIpc) is 3.09. The fourth-order valence-corrected chi connectivity index (χ4v) is 6.26. The van der Waals surface area contributed by atoms with Crippen LogP contribution in [0.3, 0.4) is 0 Å². The van der Waals surface area contributed by atoms with Gasteiger partial charge in [-0.05, 0) is 63.1 Å². The molecule has 7 rings (SSSR count). The molecule has 0 atom stereocenters. The SMILES string of the molecule is Cc1ccc(-c2nc3ccccc3c(C(=O)Nc3ccccc3NC(=O)c3c(C)c(-c4ccc(C)cc4)nc4ccccc34)c2C)cc1. The number of hydrogen-bond donors (Lipinski definition) is 2. The Bertz CT molecular complexity index is 2190. The maximum absolute atomic E-state index is 14.2. The molecule has 0 aliphatic rings. The van der Waals surface area contributed by atoms with Crippen molar-refractivity contribution >= 4 is 45.0 Å². The molecule has 2 amide bonds. The summed E-state index contributed by atoms with van der Waals surface area (Å²) >= 11 is 0. The molecule has 0 saturated carbocycles. The molecule has 0 fully saturated rings. The number of rotatable bonds is 6. The number of amides is 2. The number of carbonyl (C=O) groups is 2. The number of hydrogen-bond acceptors (Lipinski definition) is 4. The van der Waals surface area contributed by atoms with Crippen molar-refractivity contribution in [3.05, 3.63) is 155 Å². The number of nitrogens with zero attached hydrogens (tertiary/aromatic N) is 2. The molecule has 2 N–H and O–H groups in total. The van der Waals surface area contributed by atoms with Gasteiger partial charge in [-0.3, -0.25) is 9.59 Å². The normalized spacial score (nSPS) is 11.1. The molecule has 234 valence electrons. The molecule has 0 aliphatic heterocycles. The zero-order valence-corrected chi connectivity index (χ0v) is 27.3. The largest absolute Gasteiger partial charge is 0.320 e. The fraction of sp³-hybridized carbons (Fsp3) is 0.0952. The van der Waals surface area contributed by atoms with E-state index in [1.165, 1.54) is 0 Å². The maximum atomic E-state index is 14.2. The zero-order valence-electron chi connectivity index (χ0n) is 27.3. The molecule has 0 saturated heterocycles. The lowest BCUT2D eigenvalue weighted by Gasteiger charge is -2.18. The number of aromatic nitrogens is 2. The minimum absolute atomic E-state index is 0.284. The number of fused-ring (bicyclic) bond motifs is 2. The predicted molar refractivity (Wildman–Crippen MR) is 196 cm³/mol. The van der Waals surface area contributed by atoms with E-state index in [9.17, 15) is 9.59 Å². The molecule has 5 aromatic carbocycles. The molecule has 6 nitrogen and oxygen atoms in total. The van der Waals surface area contributed by atoms with E-state index in [0.29, 0.717) is 22.5 Å². The first kappa shape index (κ1) is 30.5. The van der Waals surface area contributed by atoms with E-state index in [1.807, 2.05) is 137 Å². The highest BCUT2D eigenvalue weighted by Gasteiger charge is 2.22. The fourth-order valence-electron chi connectivity index (χ4n) is 6.26. The van der Waals surface area contributed by atoms with E-state index in [1.54, 1.807) is 12.1 Å². The van der Waals surface area contributed by atoms with Crippen LogP contribution in [0.25, 0.3) is 44.3 Å². The quantitative estimate of drug-likeness (QED) is 0.192. The van der Waals surface area contributed by atoms with Crippen LogP contribution in [0, 0.1) is 27.7 Å². The number of pyridine rings is 2. The van der Waals surface area contributed by atoms with Gasteiger partial charge in [0.15, 0.2) is 0 Å². The summed E-state index contributed by atoms with van der Waals surface area (Å²) in [4.78, 5) is 38.3. The van der Waals surface area contributed by atoms with Crippen molar-refractivity contribution in [1.29, 1.82) is 0 Å². The average molecular weight is 627 g/mol. The number of carbonyl (C=O) groups excluding carboxylic acids is 2. The molecule has 0 radical (unpaired) electrons. The van der Waals surface area contributed by atoms with Crippen LogP contribution in [-0.4, -0.2) is 21.8 Å². The van der Waals surface area contributed by atoms with Gasteiger partial charge in [-0.25, -0.2) is 9.97 Å². The molecule has 6 heteroatoms. The Hall–Kier alpha value is -6.14. The third-order valence-corrected chi connectivity index (χ3v) is 8.80. The Morgan fingerprint density at radius 2 is 0.812 bits per heavy atom. The Labute approximate surface area is 279 Å². The van der Waals surface area contributed by atoms with Crippen LogP contribution in [0.5, 0.6) is 0 Å². The summed E-state index contributed by atoms with van der Waals surface area (Å²) in [6.45, 7) is 7.95. The van der Waals surface area contributed by atoms with Crippen LogP contribution in [0.15, 0.2) is 121 Å². The van der Waals surface area contributed by atoms with Crippen molar-refractivity contribution in [2.24, 2.45) is 0 Å². The summed E-state index contributed by atoms with van der Waals surface area (Å²) in [6, 6.07) is 38.9. The van der Waals surface area contributed by atoms with Crippen molar-refractivity contribution in [1.82, 2.24) is 9.97 Å². The first-order valence-corrected chi connectivity index (χ1v) is 15.9. The maximum Gasteiger partial charge on any atom is 0.256 e. The van der Waals surface area contributed by atoms with E-state index >= 15 is 0 Å². The van der Waals surface area contributed by atoms with Crippen molar-refractivity contribution in [2.75, 3.05) is 10.6 Å². The predicted octanol–water partition coefficient (Wildman–Crippen LogP) is 9.86. The molecule has 7 aromatic rings. The van der Waals surface area contributed by atoms with Crippen molar-refractivity contribution in [2.45, 2.75) is 27.7 Å². The second-order valence-electron chi connectivity index (χ2n) is 12.1.